The molecule has 2 aromatic rings. The zero-order valence-electron chi connectivity index (χ0n) is 19.0. The predicted molar refractivity (Wildman–Crippen MR) is 125 cm³/mol. The van der Waals surface area contributed by atoms with Gasteiger partial charge in [0.15, 0.2) is 11.6 Å². The topological polar surface area (TPSA) is 49.4 Å². The van der Waals surface area contributed by atoms with Crippen LogP contribution in [0.25, 0.3) is 0 Å². The van der Waals surface area contributed by atoms with Crippen LogP contribution in [0.5, 0.6) is 0 Å². The summed E-state index contributed by atoms with van der Waals surface area (Å²) in [6, 6.07) is 11.9. The minimum atomic E-state index is -0.0235. The average Bonchev–Trinajstić information content (AvgIpc) is 2.79. The van der Waals surface area contributed by atoms with Crippen LogP contribution < -0.4 is 5.32 Å². The smallest absolute Gasteiger partial charge is 0.194 e. The van der Waals surface area contributed by atoms with Crippen LogP contribution in [0.2, 0.25) is 0 Å². The Balaban J connectivity index is 1.53. The van der Waals surface area contributed by atoms with Crippen LogP contribution in [-0.2, 0) is 6.42 Å². The molecule has 4 heteroatoms. The number of rotatable bonds is 8. The van der Waals surface area contributed by atoms with Gasteiger partial charge in [0.2, 0.25) is 0 Å². The Morgan fingerprint density at radius 2 is 1.65 bits per heavy atom. The summed E-state index contributed by atoms with van der Waals surface area (Å²) in [5, 5.41) is 3.82. The molecule has 164 valence electrons. The van der Waals surface area contributed by atoms with Crippen molar-refractivity contribution in [3.05, 3.63) is 69.8 Å². The zero-order chi connectivity index (χ0) is 22.0. The third-order valence-corrected chi connectivity index (χ3v) is 6.99. The number of nitrogens with zero attached hydrogens (tertiary/aromatic N) is 1. The second kappa shape index (κ2) is 9.46. The van der Waals surface area contributed by atoms with Crippen LogP contribution in [0.3, 0.4) is 0 Å². The molecule has 4 nitrogen and oxygen atoms in total. The maximum atomic E-state index is 13.2. The molecule has 2 aliphatic rings. The van der Waals surface area contributed by atoms with E-state index in [0.717, 1.165) is 45.3 Å². The van der Waals surface area contributed by atoms with Gasteiger partial charge in [-0.1, -0.05) is 38.1 Å². The average molecular weight is 419 g/mol. The van der Waals surface area contributed by atoms with Crippen molar-refractivity contribution in [2.24, 2.45) is 0 Å². The SMILES string of the molecule is CCN(CC)CCC[C@H](C)N[C@H]1CCCc2cc3c(cc21)C(=O)c1ccccc1C3=O. The van der Waals surface area contributed by atoms with Crippen molar-refractivity contribution in [1.29, 1.82) is 0 Å². The van der Waals surface area contributed by atoms with Crippen LogP contribution in [-0.4, -0.2) is 42.1 Å². The molecular weight excluding hydrogens is 384 g/mol. The summed E-state index contributed by atoms with van der Waals surface area (Å²) in [6.07, 6.45) is 5.47. The Morgan fingerprint density at radius 3 is 2.29 bits per heavy atom. The molecule has 4 rings (SSSR count). The molecule has 0 unspecified atom stereocenters. The van der Waals surface area contributed by atoms with Crippen LogP contribution >= 0.6 is 0 Å². The van der Waals surface area contributed by atoms with E-state index in [4.69, 9.17) is 0 Å². The summed E-state index contributed by atoms with van der Waals surface area (Å²) < 4.78 is 0. The number of fused-ring (bicyclic) bond motifs is 3. The van der Waals surface area contributed by atoms with Gasteiger partial charge in [-0.3, -0.25) is 9.59 Å². The Hall–Kier alpha value is -2.30. The van der Waals surface area contributed by atoms with Gasteiger partial charge < -0.3 is 10.2 Å². The largest absolute Gasteiger partial charge is 0.307 e. The lowest BCUT2D eigenvalue weighted by Gasteiger charge is -2.31. The standard InChI is InChI=1S/C27H34N2O2/c1-4-29(5-2)15-9-10-18(3)28-25-14-8-11-19-16-23-24(17-22(19)25)27(31)21-13-7-6-12-20(21)26(23)30/h6-7,12-13,16-18,25,28H,4-5,8-11,14-15H2,1-3H3/t18-,25-/m0/s1. The lowest BCUT2D eigenvalue weighted by atomic mass is 9.78. The molecule has 0 amide bonds. The van der Waals surface area contributed by atoms with Gasteiger partial charge in [0.05, 0.1) is 0 Å². The van der Waals surface area contributed by atoms with Gasteiger partial charge in [-0.15, -0.1) is 0 Å². The fourth-order valence-corrected chi connectivity index (χ4v) is 5.16. The maximum Gasteiger partial charge on any atom is 0.194 e. The van der Waals surface area contributed by atoms with E-state index >= 15 is 0 Å². The van der Waals surface area contributed by atoms with Crippen LogP contribution in [0.15, 0.2) is 36.4 Å². The fraction of sp³-hybridized carbons (Fsp3) is 0.481. The van der Waals surface area contributed by atoms with E-state index in [1.165, 1.54) is 17.5 Å². The molecule has 0 spiro atoms. The first-order valence-corrected chi connectivity index (χ1v) is 11.9. The number of carbonyl (C=O) groups excluding carboxylic acids is 2. The first kappa shape index (κ1) is 21.9. The second-order valence-corrected chi connectivity index (χ2v) is 8.98. The third kappa shape index (κ3) is 4.37. The summed E-state index contributed by atoms with van der Waals surface area (Å²) in [4.78, 5) is 28.7. The summed E-state index contributed by atoms with van der Waals surface area (Å²) in [7, 11) is 0. The van der Waals surface area contributed by atoms with Crippen molar-refractivity contribution in [1.82, 2.24) is 10.2 Å². The number of ketones is 2. The molecule has 0 bridgehead atoms. The molecule has 0 aliphatic heterocycles. The molecule has 0 radical (unpaired) electrons. The Kier molecular flexibility index (Phi) is 6.68. The quantitative estimate of drug-likeness (QED) is 0.563. The van der Waals surface area contributed by atoms with E-state index < -0.39 is 0 Å². The van der Waals surface area contributed by atoms with Gasteiger partial charge in [-0.25, -0.2) is 0 Å². The highest BCUT2D eigenvalue weighted by Crippen LogP contribution is 2.36. The molecule has 31 heavy (non-hydrogen) atoms. The number of nitrogens with one attached hydrogen (secondary N) is 1. The molecule has 0 saturated carbocycles. The molecule has 0 heterocycles. The van der Waals surface area contributed by atoms with Crippen molar-refractivity contribution >= 4 is 11.6 Å². The number of aryl methyl sites for hydroxylation is 1. The summed E-state index contributed by atoms with van der Waals surface area (Å²) in [5.74, 6) is -0.0440. The van der Waals surface area contributed by atoms with Crippen molar-refractivity contribution in [3.8, 4) is 0 Å². The van der Waals surface area contributed by atoms with E-state index in [2.05, 4.69) is 31.0 Å². The molecular formula is C27H34N2O2. The lowest BCUT2D eigenvalue weighted by Crippen LogP contribution is -2.34. The van der Waals surface area contributed by atoms with Crippen molar-refractivity contribution < 1.29 is 9.59 Å². The first-order valence-electron chi connectivity index (χ1n) is 11.9. The van der Waals surface area contributed by atoms with E-state index in [9.17, 15) is 9.59 Å². The van der Waals surface area contributed by atoms with Gasteiger partial charge in [-0.2, -0.15) is 0 Å². The lowest BCUT2D eigenvalue weighted by molar-refractivity contribution is 0.0979. The van der Waals surface area contributed by atoms with E-state index in [0.29, 0.717) is 28.3 Å². The van der Waals surface area contributed by atoms with Crippen molar-refractivity contribution in [2.45, 2.75) is 65.0 Å². The maximum absolute atomic E-state index is 13.2. The fourth-order valence-electron chi connectivity index (χ4n) is 5.16. The van der Waals surface area contributed by atoms with E-state index in [1.54, 1.807) is 12.1 Å². The molecule has 2 atom stereocenters. The first-order chi connectivity index (χ1) is 15.0. The third-order valence-electron chi connectivity index (χ3n) is 6.99. The number of hydrogen-bond acceptors (Lipinski definition) is 4. The highest BCUT2D eigenvalue weighted by molar-refractivity contribution is 6.28. The summed E-state index contributed by atoms with van der Waals surface area (Å²) in [6.45, 7) is 10.1. The molecule has 0 saturated heterocycles. The van der Waals surface area contributed by atoms with Gasteiger partial charge >= 0.3 is 0 Å². The van der Waals surface area contributed by atoms with Gasteiger partial charge in [-0.05, 0) is 81.9 Å². The second-order valence-electron chi connectivity index (χ2n) is 8.98. The van der Waals surface area contributed by atoms with Crippen LogP contribution in [0.4, 0.5) is 0 Å². The van der Waals surface area contributed by atoms with Crippen LogP contribution in [0, 0.1) is 0 Å². The van der Waals surface area contributed by atoms with E-state index in [1.807, 2.05) is 24.3 Å². The molecule has 0 aromatic heterocycles. The van der Waals surface area contributed by atoms with Crippen molar-refractivity contribution in [3.63, 3.8) is 0 Å². The van der Waals surface area contributed by atoms with Gasteiger partial charge in [0.25, 0.3) is 0 Å². The van der Waals surface area contributed by atoms with Gasteiger partial charge in [0, 0.05) is 34.3 Å². The molecule has 2 aromatic carbocycles. The van der Waals surface area contributed by atoms with E-state index in [-0.39, 0.29) is 17.6 Å². The Bertz CT molecular complexity index is 977. The Morgan fingerprint density at radius 1 is 1.00 bits per heavy atom. The highest BCUT2D eigenvalue weighted by Gasteiger charge is 2.32. The normalized spacial score (nSPS) is 18.5. The minimum absolute atomic E-state index is 0.0205. The monoisotopic (exact) mass is 418 g/mol. The number of benzene rings is 2. The van der Waals surface area contributed by atoms with Gasteiger partial charge in [0.1, 0.15) is 0 Å². The zero-order valence-corrected chi connectivity index (χ0v) is 19.0. The number of carbonyl (C=O) groups is 2. The predicted octanol–water partition coefficient (Wildman–Crippen LogP) is 4.94. The highest BCUT2D eigenvalue weighted by atomic mass is 16.1. The molecule has 2 aliphatic carbocycles. The summed E-state index contributed by atoms with van der Waals surface area (Å²) >= 11 is 0. The van der Waals surface area contributed by atoms with Crippen molar-refractivity contribution in [2.75, 3.05) is 19.6 Å². The molecule has 0 fully saturated rings. The minimum Gasteiger partial charge on any atom is -0.307 e. The molecule has 1 N–H and O–H groups in total. The van der Waals surface area contributed by atoms with Crippen LogP contribution in [0.1, 0.15) is 95.5 Å². The summed E-state index contributed by atoms with van der Waals surface area (Å²) in [5.41, 5.74) is 4.65. The number of hydrogen-bond donors (Lipinski definition) is 1. The Labute approximate surface area is 186 Å².